The molecule has 0 bridgehead atoms. The Morgan fingerprint density at radius 3 is 2.67 bits per heavy atom. The largest absolute Gasteiger partial charge is 0.375 e. The van der Waals surface area contributed by atoms with Crippen molar-refractivity contribution in [2.45, 2.75) is 26.2 Å². The van der Waals surface area contributed by atoms with E-state index in [2.05, 4.69) is 11.6 Å². The minimum atomic E-state index is -0.385. The fraction of sp³-hybridized carbons (Fsp3) is 0.235. The summed E-state index contributed by atoms with van der Waals surface area (Å²) in [5.41, 5.74) is 8.49. The van der Waals surface area contributed by atoms with Gasteiger partial charge in [-0.25, -0.2) is 9.37 Å². The summed E-state index contributed by atoms with van der Waals surface area (Å²) >= 11 is 1.40. The molecule has 2 aromatic rings. The second kappa shape index (κ2) is 5.82. The molecule has 0 saturated heterocycles. The summed E-state index contributed by atoms with van der Waals surface area (Å²) in [6.45, 7) is 9.54. The summed E-state index contributed by atoms with van der Waals surface area (Å²) in [5, 5.41) is 2.45. The molecule has 0 aliphatic carbocycles. The average Bonchev–Trinajstić information content (AvgIpc) is 2.86. The minimum Gasteiger partial charge on any atom is -0.375 e. The molecule has 1 aromatic carbocycles. The number of rotatable bonds is 4. The van der Waals surface area contributed by atoms with E-state index in [1.54, 1.807) is 24.3 Å². The number of halogens is 1. The molecule has 2 nitrogen and oxygen atoms in total. The first-order valence-corrected chi connectivity index (χ1v) is 7.55. The SMILES string of the molecule is C=C/C=C(\C)c1ccc(C(C)(C)c2csc(N)n2)cc1F. The number of anilines is 1. The number of allylic oxidation sites excluding steroid dienone is 3. The molecular weight excluding hydrogens is 283 g/mol. The predicted molar refractivity (Wildman–Crippen MR) is 88.9 cm³/mol. The normalized spacial score (nSPS) is 12.5. The van der Waals surface area contributed by atoms with Crippen molar-refractivity contribution in [1.82, 2.24) is 4.98 Å². The second-order valence-corrected chi connectivity index (χ2v) is 6.37. The molecule has 1 aromatic heterocycles. The van der Waals surface area contributed by atoms with Crippen LogP contribution in [0.5, 0.6) is 0 Å². The van der Waals surface area contributed by atoms with Crippen molar-refractivity contribution in [3.05, 3.63) is 64.9 Å². The Balaban J connectivity index is 2.44. The smallest absolute Gasteiger partial charge is 0.180 e. The molecule has 4 heteroatoms. The quantitative estimate of drug-likeness (QED) is 0.825. The molecule has 0 radical (unpaired) electrons. The standard InChI is InChI=1S/C17H19FN2S/c1-5-6-11(2)13-8-7-12(9-14(13)18)17(3,4)15-10-21-16(19)20-15/h5-10H,1H2,2-4H3,(H2,19,20)/b11-6+. The van der Waals surface area contributed by atoms with Crippen LogP contribution in [0.2, 0.25) is 0 Å². The van der Waals surface area contributed by atoms with E-state index in [-0.39, 0.29) is 11.2 Å². The minimum absolute atomic E-state index is 0.237. The van der Waals surface area contributed by atoms with Gasteiger partial charge in [0, 0.05) is 16.4 Å². The van der Waals surface area contributed by atoms with Gasteiger partial charge < -0.3 is 5.73 Å². The van der Waals surface area contributed by atoms with Crippen LogP contribution in [0.25, 0.3) is 5.57 Å². The summed E-state index contributed by atoms with van der Waals surface area (Å²) in [5.74, 6) is -0.237. The van der Waals surface area contributed by atoms with Gasteiger partial charge in [-0.15, -0.1) is 11.3 Å². The fourth-order valence-corrected chi connectivity index (χ4v) is 2.94. The summed E-state index contributed by atoms with van der Waals surface area (Å²) < 4.78 is 14.4. The molecule has 0 aliphatic rings. The highest BCUT2D eigenvalue weighted by molar-refractivity contribution is 7.13. The van der Waals surface area contributed by atoms with Crippen molar-refractivity contribution in [3.8, 4) is 0 Å². The topological polar surface area (TPSA) is 38.9 Å². The Morgan fingerprint density at radius 1 is 1.43 bits per heavy atom. The zero-order chi connectivity index (χ0) is 15.6. The highest BCUT2D eigenvalue weighted by Gasteiger charge is 2.26. The Bertz CT molecular complexity index is 699. The number of hydrogen-bond acceptors (Lipinski definition) is 3. The number of nitrogens with two attached hydrogens (primary N) is 1. The van der Waals surface area contributed by atoms with Gasteiger partial charge in [-0.05, 0) is 24.1 Å². The van der Waals surface area contributed by atoms with Gasteiger partial charge >= 0.3 is 0 Å². The number of benzene rings is 1. The van der Waals surface area contributed by atoms with Gasteiger partial charge in [-0.1, -0.05) is 44.7 Å². The zero-order valence-electron chi connectivity index (χ0n) is 12.5. The van der Waals surface area contributed by atoms with Crippen molar-refractivity contribution in [3.63, 3.8) is 0 Å². The number of hydrogen-bond donors (Lipinski definition) is 1. The molecule has 110 valence electrons. The third-order valence-corrected chi connectivity index (χ3v) is 4.32. The number of thiazole rings is 1. The van der Waals surface area contributed by atoms with Crippen molar-refractivity contribution >= 4 is 22.0 Å². The third kappa shape index (κ3) is 3.05. The van der Waals surface area contributed by atoms with Crippen LogP contribution in [-0.2, 0) is 5.41 Å². The van der Waals surface area contributed by atoms with Crippen molar-refractivity contribution in [2.24, 2.45) is 0 Å². The Morgan fingerprint density at radius 2 is 2.14 bits per heavy atom. The van der Waals surface area contributed by atoms with Crippen molar-refractivity contribution in [1.29, 1.82) is 0 Å². The van der Waals surface area contributed by atoms with Crippen molar-refractivity contribution in [2.75, 3.05) is 5.73 Å². The molecule has 0 unspecified atom stereocenters. The molecular formula is C17H19FN2S. The lowest BCUT2D eigenvalue weighted by atomic mass is 9.81. The van der Waals surface area contributed by atoms with Gasteiger partial charge in [-0.3, -0.25) is 0 Å². The van der Waals surface area contributed by atoms with Gasteiger partial charge in [0.05, 0.1) is 5.69 Å². The van der Waals surface area contributed by atoms with Crippen LogP contribution >= 0.6 is 11.3 Å². The summed E-state index contributed by atoms with van der Waals surface area (Å²) in [7, 11) is 0. The van der Waals surface area contributed by atoms with Crippen LogP contribution in [0.15, 0.2) is 42.3 Å². The van der Waals surface area contributed by atoms with Crippen LogP contribution in [0.3, 0.4) is 0 Å². The third-order valence-electron chi connectivity index (χ3n) is 3.65. The van der Waals surface area contributed by atoms with Gasteiger partial charge in [0.2, 0.25) is 0 Å². The lowest BCUT2D eigenvalue weighted by Gasteiger charge is -2.23. The number of nitrogens with zero attached hydrogens (tertiary/aromatic N) is 1. The Kier molecular flexibility index (Phi) is 4.28. The molecule has 2 rings (SSSR count). The molecule has 0 atom stereocenters. The molecule has 1 heterocycles. The van der Waals surface area contributed by atoms with E-state index >= 15 is 0 Å². The molecule has 0 spiro atoms. The highest BCUT2D eigenvalue weighted by Crippen LogP contribution is 2.34. The van der Waals surface area contributed by atoms with E-state index in [0.29, 0.717) is 10.7 Å². The van der Waals surface area contributed by atoms with E-state index in [1.807, 2.05) is 32.2 Å². The van der Waals surface area contributed by atoms with Gasteiger partial charge in [0.1, 0.15) is 5.82 Å². The molecule has 21 heavy (non-hydrogen) atoms. The first-order chi connectivity index (χ1) is 9.86. The van der Waals surface area contributed by atoms with E-state index in [1.165, 1.54) is 11.3 Å². The van der Waals surface area contributed by atoms with Crippen LogP contribution in [0.1, 0.15) is 37.6 Å². The summed E-state index contributed by atoms with van der Waals surface area (Å²) in [6.07, 6.45) is 3.45. The monoisotopic (exact) mass is 302 g/mol. The molecule has 0 fully saturated rings. The summed E-state index contributed by atoms with van der Waals surface area (Å²) in [6, 6.07) is 5.32. The lowest BCUT2D eigenvalue weighted by molar-refractivity contribution is 0.591. The maximum Gasteiger partial charge on any atom is 0.180 e. The van der Waals surface area contributed by atoms with E-state index in [0.717, 1.165) is 16.8 Å². The lowest BCUT2D eigenvalue weighted by Crippen LogP contribution is -2.20. The maximum atomic E-state index is 14.4. The van der Waals surface area contributed by atoms with Gasteiger partial charge in [0.25, 0.3) is 0 Å². The van der Waals surface area contributed by atoms with E-state index < -0.39 is 0 Å². The fourth-order valence-electron chi connectivity index (χ4n) is 2.21. The van der Waals surface area contributed by atoms with Gasteiger partial charge in [-0.2, -0.15) is 0 Å². The van der Waals surface area contributed by atoms with Crippen LogP contribution < -0.4 is 5.73 Å². The van der Waals surface area contributed by atoms with E-state index in [9.17, 15) is 4.39 Å². The number of nitrogen functional groups attached to an aromatic ring is 1. The predicted octanol–water partition coefficient (Wildman–Crippen LogP) is 4.78. The Labute approximate surface area is 128 Å². The van der Waals surface area contributed by atoms with Gasteiger partial charge in [0.15, 0.2) is 5.13 Å². The first kappa shape index (κ1) is 15.4. The zero-order valence-corrected chi connectivity index (χ0v) is 13.3. The molecule has 0 aliphatic heterocycles. The molecule has 2 N–H and O–H groups in total. The van der Waals surface area contributed by atoms with E-state index in [4.69, 9.17) is 5.73 Å². The Hall–Kier alpha value is -1.94. The van der Waals surface area contributed by atoms with Crippen LogP contribution in [0.4, 0.5) is 9.52 Å². The second-order valence-electron chi connectivity index (χ2n) is 5.48. The molecule has 0 saturated carbocycles. The highest BCUT2D eigenvalue weighted by atomic mass is 32.1. The van der Waals surface area contributed by atoms with Crippen LogP contribution in [-0.4, -0.2) is 4.98 Å². The van der Waals surface area contributed by atoms with Crippen molar-refractivity contribution < 1.29 is 4.39 Å². The average molecular weight is 302 g/mol. The summed E-state index contributed by atoms with van der Waals surface area (Å²) in [4.78, 5) is 4.32. The first-order valence-electron chi connectivity index (χ1n) is 6.67. The molecule has 0 amide bonds. The maximum absolute atomic E-state index is 14.4. The number of aromatic nitrogens is 1. The van der Waals surface area contributed by atoms with Crippen LogP contribution in [0, 0.1) is 5.82 Å².